The summed E-state index contributed by atoms with van der Waals surface area (Å²) in [4.78, 5) is 12.2. The molecule has 0 spiro atoms. The van der Waals surface area contributed by atoms with E-state index in [0.717, 1.165) is 0 Å². The zero-order valence-corrected chi connectivity index (χ0v) is 16.1. The van der Waals surface area contributed by atoms with Crippen LogP contribution in [0.1, 0.15) is 27.2 Å². The van der Waals surface area contributed by atoms with E-state index in [2.05, 4.69) is 33.9 Å². The number of rotatable bonds is 4. The van der Waals surface area contributed by atoms with Crippen LogP contribution in [-0.2, 0) is 19.1 Å². The molecule has 0 fully saturated rings. The first-order valence-corrected chi connectivity index (χ1v) is 12.1. The largest absolute Gasteiger partial charge is 0.410 e. The molecule has 0 aromatic heterocycles. The van der Waals surface area contributed by atoms with Crippen molar-refractivity contribution in [3.8, 4) is 0 Å². The van der Waals surface area contributed by atoms with E-state index < -0.39 is 24.3 Å². The van der Waals surface area contributed by atoms with Gasteiger partial charge in [0.15, 0.2) is 14.1 Å². The van der Waals surface area contributed by atoms with Crippen LogP contribution >= 0.6 is 0 Å². The van der Waals surface area contributed by atoms with E-state index in [1.807, 2.05) is 0 Å². The third-order valence-corrected chi connectivity index (χ3v) is 10.9. The second-order valence-corrected chi connectivity index (χ2v) is 14.1. The quantitative estimate of drug-likeness (QED) is 0.775. The zero-order valence-electron chi connectivity index (χ0n) is 14.3. The highest BCUT2D eigenvalue weighted by atomic mass is 32.2. The summed E-state index contributed by atoms with van der Waals surface area (Å²) in [5.74, 6) is -0.363. The maximum atomic E-state index is 12.6. The first kappa shape index (κ1) is 18.1. The lowest BCUT2D eigenvalue weighted by Crippen LogP contribution is -2.43. The number of benzene rings is 1. The molecule has 0 saturated carbocycles. The van der Waals surface area contributed by atoms with Crippen LogP contribution in [0.3, 0.4) is 0 Å². The van der Waals surface area contributed by atoms with Gasteiger partial charge in [-0.25, -0.2) is 8.42 Å². The summed E-state index contributed by atoms with van der Waals surface area (Å²) in [5.41, 5.74) is 0. The molecular weight excluding hydrogens is 328 g/mol. The van der Waals surface area contributed by atoms with Gasteiger partial charge >= 0.3 is 0 Å². The Morgan fingerprint density at radius 2 is 1.70 bits per heavy atom. The van der Waals surface area contributed by atoms with Crippen molar-refractivity contribution < 1.29 is 17.6 Å². The Kier molecular flexibility index (Phi) is 4.72. The average molecular weight is 353 g/mol. The molecule has 23 heavy (non-hydrogen) atoms. The Morgan fingerprint density at radius 1 is 1.13 bits per heavy atom. The lowest BCUT2D eigenvalue weighted by atomic mass is 10.2. The molecule has 6 heteroatoms. The lowest BCUT2D eigenvalue weighted by Gasteiger charge is -2.37. The predicted molar refractivity (Wildman–Crippen MR) is 93.4 cm³/mol. The summed E-state index contributed by atoms with van der Waals surface area (Å²) in [6, 6.07) is 8.05. The van der Waals surface area contributed by atoms with E-state index in [9.17, 15) is 13.2 Å². The molecule has 0 heterocycles. The molecule has 4 nitrogen and oxygen atoms in total. The zero-order chi connectivity index (χ0) is 17.5. The highest BCUT2D eigenvalue weighted by molar-refractivity contribution is 7.96. The standard InChI is InChI=1S/C17H24O4SSi/c1-17(2,3)23(4,5)21-13-11-15(18)16(12-13)22(19,20)14-9-7-6-8-10-14/h6-10,12-13H,11H2,1-5H3/t13-/m0/s1. The summed E-state index contributed by atoms with van der Waals surface area (Å²) in [5, 5.41) is 0.00491. The van der Waals surface area contributed by atoms with Crippen LogP contribution in [0.25, 0.3) is 0 Å². The van der Waals surface area contributed by atoms with Gasteiger partial charge in [0.2, 0.25) is 9.84 Å². The summed E-state index contributed by atoms with van der Waals surface area (Å²) in [6.45, 7) is 10.5. The molecule has 1 aromatic carbocycles. The number of sulfone groups is 1. The molecule has 0 bridgehead atoms. The van der Waals surface area contributed by atoms with Crippen LogP contribution in [-0.4, -0.2) is 28.6 Å². The van der Waals surface area contributed by atoms with Gasteiger partial charge in [-0.3, -0.25) is 4.79 Å². The van der Waals surface area contributed by atoms with Gasteiger partial charge in [-0.15, -0.1) is 0 Å². The number of ketones is 1. The highest BCUT2D eigenvalue weighted by Gasteiger charge is 2.42. The summed E-state index contributed by atoms with van der Waals surface area (Å²) >= 11 is 0. The van der Waals surface area contributed by atoms with Gasteiger partial charge < -0.3 is 4.43 Å². The van der Waals surface area contributed by atoms with Gasteiger partial charge in [-0.05, 0) is 36.3 Å². The summed E-state index contributed by atoms with van der Waals surface area (Å²) in [6.07, 6.45) is 1.15. The van der Waals surface area contributed by atoms with Gasteiger partial charge in [0.25, 0.3) is 0 Å². The normalized spacial score (nSPS) is 19.8. The van der Waals surface area contributed by atoms with Crippen LogP contribution in [0.2, 0.25) is 18.1 Å². The van der Waals surface area contributed by atoms with Crippen molar-refractivity contribution in [2.75, 3.05) is 0 Å². The fourth-order valence-corrected chi connectivity index (χ4v) is 4.95. The van der Waals surface area contributed by atoms with Gasteiger partial charge in [0.05, 0.1) is 11.0 Å². The van der Waals surface area contributed by atoms with Crippen molar-refractivity contribution in [3.63, 3.8) is 0 Å². The molecule has 0 unspecified atom stereocenters. The van der Waals surface area contributed by atoms with E-state index in [0.29, 0.717) is 0 Å². The molecule has 0 N–H and O–H groups in total. The monoisotopic (exact) mass is 352 g/mol. The third-order valence-electron chi connectivity index (χ3n) is 4.59. The Bertz CT molecular complexity index is 728. The number of hydrogen-bond donors (Lipinski definition) is 0. The van der Waals surface area contributed by atoms with Crippen molar-refractivity contribution >= 4 is 23.9 Å². The fraction of sp³-hybridized carbons (Fsp3) is 0.471. The van der Waals surface area contributed by atoms with E-state index in [1.165, 1.54) is 18.2 Å². The van der Waals surface area contributed by atoms with E-state index in [1.54, 1.807) is 18.2 Å². The molecule has 2 rings (SSSR count). The second-order valence-electron chi connectivity index (χ2n) is 7.39. The molecule has 0 aliphatic heterocycles. The van der Waals surface area contributed by atoms with Crippen LogP contribution in [0.4, 0.5) is 0 Å². The smallest absolute Gasteiger partial charge is 0.209 e. The Balaban J connectivity index is 2.30. The van der Waals surface area contributed by atoms with E-state index >= 15 is 0 Å². The minimum absolute atomic E-state index is 0.00491. The molecule has 0 saturated heterocycles. The van der Waals surface area contributed by atoms with Crippen molar-refractivity contribution in [1.29, 1.82) is 0 Å². The van der Waals surface area contributed by atoms with Crippen molar-refractivity contribution in [3.05, 3.63) is 41.3 Å². The van der Waals surface area contributed by atoms with Crippen LogP contribution in [0.5, 0.6) is 0 Å². The first-order valence-electron chi connectivity index (χ1n) is 7.68. The number of allylic oxidation sites excluding steroid dienone is 1. The number of hydrogen-bond acceptors (Lipinski definition) is 4. The molecule has 126 valence electrons. The molecule has 1 aliphatic rings. The lowest BCUT2D eigenvalue weighted by molar-refractivity contribution is -0.115. The Labute approximate surface area is 139 Å². The molecule has 1 aromatic rings. The molecule has 0 amide bonds. The van der Waals surface area contributed by atoms with Gasteiger partial charge in [0.1, 0.15) is 4.91 Å². The molecule has 0 radical (unpaired) electrons. The minimum Gasteiger partial charge on any atom is -0.410 e. The van der Waals surface area contributed by atoms with Crippen LogP contribution in [0, 0.1) is 0 Å². The molecule has 1 aliphatic carbocycles. The summed E-state index contributed by atoms with van der Waals surface area (Å²) < 4.78 is 31.4. The van der Waals surface area contributed by atoms with Crippen molar-refractivity contribution in [2.45, 2.75) is 56.3 Å². The number of carbonyl (C=O) groups excluding carboxylic acids is 1. The number of carbonyl (C=O) groups is 1. The summed E-state index contributed by atoms with van der Waals surface area (Å²) in [7, 11) is -5.82. The van der Waals surface area contributed by atoms with E-state index in [4.69, 9.17) is 4.43 Å². The van der Waals surface area contributed by atoms with Gasteiger partial charge in [-0.2, -0.15) is 0 Å². The van der Waals surface area contributed by atoms with Gasteiger partial charge in [-0.1, -0.05) is 39.0 Å². The second kappa shape index (κ2) is 6.00. The maximum Gasteiger partial charge on any atom is 0.209 e. The molecule has 1 atom stereocenters. The topological polar surface area (TPSA) is 60.4 Å². The van der Waals surface area contributed by atoms with Crippen LogP contribution < -0.4 is 0 Å². The van der Waals surface area contributed by atoms with Crippen molar-refractivity contribution in [2.24, 2.45) is 0 Å². The highest BCUT2D eigenvalue weighted by Crippen LogP contribution is 2.39. The first-order chi connectivity index (χ1) is 10.4. The molecular formula is C17H24O4SSi. The van der Waals surface area contributed by atoms with E-state index in [-0.39, 0.29) is 27.0 Å². The SMILES string of the molecule is CC(C)(C)[Si](C)(C)O[C@@H]1C=C(S(=O)(=O)c2ccccc2)C(=O)C1. The van der Waals surface area contributed by atoms with Gasteiger partial charge in [0, 0.05) is 6.42 Å². The van der Waals surface area contributed by atoms with Crippen LogP contribution in [0.15, 0.2) is 46.2 Å². The van der Waals surface area contributed by atoms with Crippen molar-refractivity contribution in [1.82, 2.24) is 0 Å². The Hall–Kier alpha value is -1.24. The number of Topliss-reactive ketones (excluding diaryl/α,β-unsaturated/α-hetero) is 1. The Morgan fingerprint density at radius 3 is 2.22 bits per heavy atom. The maximum absolute atomic E-state index is 12.6. The fourth-order valence-electron chi connectivity index (χ4n) is 2.20. The predicted octanol–water partition coefficient (Wildman–Crippen LogP) is 3.71. The average Bonchev–Trinajstić information content (AvgIpc) is 2.79. The minimum atomic E-state index is -3.76. The third kappa shape index (κ3) is 3.65.